The van der Waals surface area contributed by atoms with Gasteiger partial charge in [-0.15, -0.1) is 0 Å². The second-order valence-corrected chi connectivity index (χ2v) is 7.15. The van der Waals surface area contributed by atoms with Gasteiger partial charge in [0.05, 0.1) is 24.8 Å². The lowest BCUT2D eigenvalue weighted by atomic mass is 10.2. The van der Waals surface area contributed by atoms with E-state index >= 15 is 0 Å². The fourth-order valence-electron chi connectivity index (χ4n) is 3.55. The predicted octanol–water partition coefficient (Wildman–Crippen LogP) is 5.99. The number of hydrogen-bond donors (Lipinski definition) is 0. The van der Waals surface area contributed by atoms with Crippen molar-refractivity contribution in [2.75, 3.05) is 13.7 Å². The molecule has 0 N–H and O–H groups in total. The summed E-state index contributed by atoms with van der Waals surface area (Å²) in [5.74, 6) is 2.73. The van der Waals surface area contributed by atoms with Crippen LogP contribution < -0.4 is 9.47 Å². The molecule has 4 heteroatoms. The van der Waals surface area contributed by atoms with Crippen LogP contribution in [-0.4, -0.2) is 23.3 Å². The molecule has 0 unspecified atom stereocenters. The van der Waals surface area contributed by atoms with E-state index in [1.165, 1.54) is 0 Å². The Morgan fingerprint density at radius 2 is 1.60 bits per heavy atom. The number of imidazole rings is 1. The zero-order valence-corrected chi connectivity index (χ0v) is 17.4. The Morgan fingerprint density at radius 3 is 2.43 bits per heavy atom. The summed E-state index contributed by atoms with van der Waals surface area (Å²) >= 11 is 0. The Morgan fingerprint density at radius 1 is 0.867 bits per heavy atom. The number of methoxy groups -OCH3 is 1. The van der Waals surface area contributed by atoms with Crippen molar-refractivity contribution >= 4 is 23.2 Å². The third-order valence-corrected chi connectivity index (χ3v) is 5.11. The minimum absolute atomic E-state index is 0.660. The first-order chi connectivity index (χ1) is 14.8. The molecule has 0 atom stereocenters. The Kier molecular flexibility index (Phi) is 6.14. The summed E-state index contributed by atoms with van der Waals surface area (Å²) in [5.41, 5.74) is 4.32. The molecule has 0 saturated heterocycles. The van der Waals surface area contributed by atoms with Crippen molar-refractivity contribution in [2.45, 2.75) is 19.9 Å². The first kappa shape index (κ1) is 19.8. The molecule has 0 spiro atoms. The maximum Gasteiger partial charge on any atom is 0.133 e. The number of ether oxygens (including phenoxy) is 2. The summed E-state index contributed by atoms with van der Waals surface area (Å²) in [5, 5.41) is 0. The van der Waals surface area contributed by atoms with Crippen LogP contribution >= 0.6 is 0 Å². The molecule has 4 aromatic rings. The van der Waals surface area contributed by atoms with Gasteiger partial charge in [0, 0.05) is 12.1 Å². The van der Waals surface area contributed by atoms with Crippen molar-refractivity contribution in [3.8, 4) is 11.5 Å². The van der Waals surface area contributed by atoms with Crippen molar-refractivity contribution in [2.24, 2.45) is 0 Å². The third-order valence-electron chi connectivity index (χ3n) is 5.11. The quantitative estimate of drug-likeness (QED) is 0.342. The normalized spacial score (nSPS) is 11.3. The van der Waals surface area contributed by atoms with Crippen LogP contribution in [0.3, 0.4) is 0 Å². The van der Waals surface area contributed by atoms with Gasteiger partial charge in [0.15, 0.2) is 0 Å². The van der Waals surface area contributed by atoms with Gasteiger partial charge in [-0.1, -0.05) is 48.5 Å². The molecular formula is C26H26N2O2. The summed E-state index contributed by atoms with van der Waals surface area (Å²) in [6.07, 6.45) is 5.00. The van der Waals surface area contributed by atoms with Crippen molar-refractivity contribution in [1.82, 2.24) is 9.55 Å². The van der Waals surface area contributed by atoms with Crippen molar-refractivity contribution in [3.05, 3.63) is 89.7 Å². The minimum atomic E-state index is 0.660. The fraction of sp³-hybridized carbons (Fsp3) is 0.192. The Labute approximate surface area is 177 Å². The molecule has 0 aliphatic heterocycles. The Hall–Kier alpha value is -3.53. The molecule has 152 valence electrons. The highest BCUT2D eigenvalue weighted by molar-refractivity contribution is 5.80. The average molecular weight is 399 g/mol. The van der Waals surface area contributed by atoms with E-state index in [2.05, 4.69) is 47.9 Å². The highest BCUT2D eigenvalue weighted by Crippen LogP contribution is 2.22. The van der Waals surface area contributed by atoms with E-state index in [1.807, 2.05) is 48.5 Å². The summed E-state index contributed by atoms with van der Waals surface area (Å²) in [4.78, 5) is 4.83. The fourth-order valence-corrected chi connectivity index (χ4v) is 3.55. The summed E-state index contributed by atoms with van der Waals surface area (Å²) in [6.45, 7) is 3.56. The smallest absolute Gasteiger partial charge is 0.133 e. The molecule has 0 saturated carbocycles. The minimum Gasteiger partial charge on any atom is -0.496 e. The molecule has 4 rings (SSSR count). The van der Waals surface area contributed by atoms with Crippen molar-refractivity contribution in [3.63, 3.8) is 0 Å². The van der Waals surface area contributed by atoms with Gasteiger partial charge < -0.3 is 14.0 Å². The van der Waals surface area contributed by atoms with Crippen LogP contribution in [0.1, 0.15) is 23.4 Å². The molecule has 3 aromatic carbocycles. The van der Waals surface area contributed by atoms with Crippen LogP contribution in [0.25, 0.3) is 23.2 Å². The summed E-state index contributed by atoms with van der Waals surface area (Å²) in [6, 6.07) is 24.3. The maximum atomic E-state index is 5.98. The van der Waals surface area contributed by atoms with Gasteiger partial charge in [-0.3, -0.25) is 0 Å². The van der Waals surface area contributed by atoms with Gasteiger partial charge >= 0.3 is 0 Å². The molecule has 0 amide bonds. The van der Waals surface area contributed by atoms with Gasteiger partial charge in [-0.2, -0.15) is 0 Å². The van der Waals surface area contributed by atoms with Crippen LogP contribution in [0.15, 0.2) is 72.8 Å². The largest absolute Gasteiger partial charge is 0.496 e. The zero-order chi connectivity index (χ0) is 20.8. The van der Waals surface area contributed by atoms with E-state index in [9.17, 15) is 0 Å². The lowest BCUT2D eigenvalue weighted by molar-refractivity contribution is 0.300. The molecule has 0 aliphatic rings. The number of aromatic nitrogens is 2. The number of aryl methyl sites for hydroxylation is 2. The summed E-state index contributed by atoms with van der Waals surface area (Å²) in [7, 11) is 1.69. The van der Waals surface area contributed by atoms with E-state index in [4.69, 9.17) is 14.5 Å². The first-order valence-electron chi connectivity index (χ1n) is 10.2. The van der Waals surface area contributed by atoms with Gasteiger partial charge in [0.2, 0.25) is 0 Å². The molecular weight excluding hydrogens is 372 g/mol. The molecule has 0 radical (unpaired) electrons. The molecule has 30 heavy (non-hydrogen) atoms. The highest BCUT2D eigenvalue weighted by Gasteiger charge is 2.09. The monoisotopic (exact) mass is 398 g/mol. The van der Waals surface area contributed by atoms with Crippen LogP contribution in [0.2, 0.25) is 0 Å². The molecule has 4 nitrogen and oxygen atoms in total. The van der Waals surface area contributed by atoms with E-state index < -0.39 is 0 Å². The summed E-state index contributed by atoms with van der Waals surface area (Å²) < 4.78 is 13.7. The second-order valence-electron chi connectivity index (χ2n) is 7.15. The van der Waals surface area contributed by atoms with Crippen LogP contribution in [-0.2, 0) is 6.54 Å². The number of benzene rings is 3. The highest BCUT2D eigenvalue weighted by atomic mass is 16.5. The lowest BCUT2D eigenvalue weighted by Crippen LogP contribution is -2.06. The Balaban J connectivity index is 1.53. The molecule has 0 fully saturated rings. The SMILES string of the molecule is COc1ccccc1C=Cc1nc2ccccc2n1CCCOc1ccccc1C. The molecule has 1 aromatic heterocycles. The maximum absolute atomic E-state index is 5.98. The number of rotatable bonds is 8. The third kappa shape index (κ3) is 4.38. The van der Waals surface area contributed by atoms with Crippen LogP contribution in [0, 0.1) is 6.92 Å². The zero-order valence-electron chi connectivity index (χ0n) is 17.4. The van der Waals surface area contributed by atoms with Crippen LogP contribution in [0.4, 0.5) is 0 Å². The van der Waals surface area contributed by atoms with E-state index in [0.29, 0.717) is 6.61 Å². The van der Waals surface area contributed by atoms with Crippen molar-refractivity contribution < 1.29 is 9.47 Å². The number of fused-ring (bicyclic) bond motifs is 1. The van der Waals surface area contributed by atoms with Gasteiger partial charge in [0.25, 0.3) is 0 Å². The number of hydrogen-bond acceptors (Lipinski definition) is 3. The van der Waals surface area contributed by atoms with E-state index in [1.54, 1.807) is 7.11 Å². The first-order valence-corrected chi connectivity index (χ1v) is 10.2. The lowest BCUT2D eigenvalue weighted by Gasteiger charge is -2.10. The topological polar surface area (TPSA) is 36.3 Å². The second kappa shape index (κ2) is 9.31. The number of para-hydroxylation sites is 4. The van der Waals surface area contributed by atoms with Crippen molar-refractivity contribution in [1.29, 1.82) is 0 Å². The van der Waals surface area contributed by atoms with Crippen LogP contribution in [0.5, 0.6) is 11.5 Å². The Bertz CT molecular complexity index is 1160. The number of nitrogens with zero attached hydrogens (tertiary/aromatic N) is 2. The van der Waals surface area contributed by atoms with E-state index in [0.717, 1.165) is 52.4 Å². The van der Waals surface area contributed by atoms with Gasteiger partial charge in [-0.25, -0.2) is 4.98 Å². The van der Waals surface area contributed by atoms with E-state index in [-0.39, 0.29) is 0 Å². The van der Waals surface area contributed by atoms with Gasteiger partial charge in [-0.05, 0) is 55.3 Å². The average Bonchev–Trinajstić information content (AvgIpc) is 3.14. The predicted molar refractivity (Wildman–Crippen MR) is 123 cm³/mol. The molecule has 0 aliphatic carbocycles. The molecule has 1 heterocycles. The van der Waals surface area contributed by atoms with Gasteiger partial charge in [0.1, 0.15) is 17.3 Å². The standard InChI is InChI=1S/C26H26N2O2/c1-20-10-3-7-14-24(20)30-19-9-18-28-23-13-6-5-12-22(23)27-26(28)17-16-21-11-4-8-15-25(21)29-2/h3-8,10-17H,9,18-19H2,1-2H3. The molecule has 0 bridgehead atoms.